The third-order valence-corrected chi connectivity index (χ3v) is 5.65. The number of likely N-dealkylation sites (N-methyl/N-ethyl adjacent to an activating group) is 1. The summed E-state index contributed by atoms with van der Waals surface area (Å²) in [6.07, 6.45) is 2.04. The maximum absolute atomic E-state index is 13.4. The number of anilines is 2. The van der Waals surface area contributed by atoms with Gasteiger partial charge >= 0.3 is 0 Å². The number of hydrogen-bond donors (Lipinski definition) is 3. The number of nitrogens with one attached hydrogen (secondary N) is 3. The van der Waals surface area contributed by atoms with Crippen molar-refractivity contribution in [2.45, 2.75) is 25.8 Å². The fourth-order valence-electron chi connectivity index (χ4n) is 3.94. The summed E-state index contributed by atoms with van der Waals surface area (Å²) in [5.74, 6) is 0.570. The van der Waals surface area contributed by atoms with Gasteiger partial charge in [0.2, 0.25) is 0 Å². The average Bonchev–Trinajstić information content (AvgIpc) is 3.50. The van der Waals surface area contributed by atoms with E-state index in [0.717, 1.165) is 48.0 Å². The number of carbonyl (C=O) groups is 1. The third kappa shape index (κ3) is 3.69. The lowest BCUT2D eigenvalue weighted by atomic mass is 10.1. The van der Waals surface area contributed by atoms with E-state index in [1.165, 1.54) is 0 Å². The molecule has 166 valence electrons. The minimum absolute atomic E-state index is 0.107. The first-order valence-electron chi connectivity index (χ1n) is 11.1. The van der Waals surface area contributed by atoms with Gasteiger partial charge in [-0.1, -0.05) is 12.1 Å². The number of rotatable bonds is 8. The molecule has 0 aliphatic heterocycles. The fraction of sp³-hybridized carbons (Fsp3) is 0.391. The quantitative estimate of drug-likeness (QED) is 0.394. The van der Waals surface area contributed by atoms with Crippen LogP contribution in [0.1, 0.15) is 30.1 Å². The minimum atomic E-state index is -0.107. The van der Waals surface area contributed by atoms with Gasteiger partial charge < -0.3 is 20.9 Å². The molecule has 1 fully saturated rings. The van der Waals surface area contributed by atoms with Crippen LogP contribution in [0.3, 0.4) is 0 Å². The predicted octanol–water partition coefficient (Wildman–Crippen LogP) is 2.73. The molecule has 3 N–H and O–H groups in total. The summed E-state index contributed by atoms with van der Waals surface area (Å²) in [6.45, 7) is 4.31. The van der Waals surface area contributed by atoms with Crippen LogP contribution in [0.25, 0.3) is 27.7 Å². The Kier molecular flexibility index (Phi) is 5.26. The van der Waals surface area contributed by atoms with Crippen LogP contribution in [0.2, 0.25) is 0 Å². The van der Waals surface area contributed by atoms with Crippen molar-refractivity contribution in [3.05, 3.63) is 35.9 Å². The molecule has 5 rings (SSSR count). The van der Waals surface area contributed by atoms with E-state index in [9.17, 15) is 4.79 Å². The van der Waals surface area contributed by atoms with Gasteiger partial charge in [0, 0.05) is 31.1 Å². The summed E-state index contributed by atoms with van der Waals surface area (Å²) in [5, 5.41) is 19.7. The highest BCUT2D eigenvalue weighted by atomic mass is 16.1. The summed E-state index contributed by atoms with van der Waals surface area (Å²) in [5.41, 5.74) is 4.28. The summed E-state index contributed by atoms with van der Waals surface area (Å²) in [6, 6.07) is 10.1. The van der Waals surface area contributed by atoms with Crippen molar-refractivity contribution in [3.8, 4) is 0 Å². The smallest absolute Gasteiger partial charge is 0.257 e. The highest BCUT2D eigenvalue weighted by Crippen LogP contribution is 2.34. The van der Waals surface area contributed by atoms with Gasteiger partial charge in [-0.25, -0.2) is 4.98 Å². The largest absolute Gasteiger partial charge is 0.384 e. The van der Waals surface area contributed by atoms with E-state index < -0.39 is 0 Å². The zero-order chi connectivity index (χ0) is 22.2. The molecule has 0 spiro atoms. The minimum Gasteiger partial charge on any atom is -0.384 e. The van der Waals surface area contributed by atoms with Crippen LogP contribution >= 0.6 is 0 Å². The third-order valence-electron chi connectivity index (χ3n) is 5.65. The van der Waals surface area contributed by atoms with Crippen molar-refractivity contribution in [2.24, 2.45) is 0 Å². The van der Waals surface area contributed by atoms with Gasteiger partial charge in [-0.2, -0.15) is 0 Å². The molecule has 9 nitrogen and oxygen atoms in total. The summed E-state index contributed by atoms with van der Waals surface area (Å²) in [4.78, 5) is 20.3. The van der Waals surface area contributed by atoms with Crippen molar-refractivity contribution < 1.29 is 4.79 Å². The Morgan fingerprint density at radius 1 is 1.16 bits per heavy atom. The average molecular weight is 433 g/mol. The summed E-state index contributed by atoms with van der Waals surface area (Å²) < 4.78 is 1.95. The standard InChI is InChI=1S/C23H28N8O/c1-4-24-20-15-13-18(25-11-12-30(2)3)28-29-21(15)31-17-8-6-5-7-16(17)27-22(31)19(20)23(32)26-14-9-10-14/h5-8,13-14,24H,4,9-12H2,1-3H3,(H,25,28)(H,26,32). The van der Waals surface area contributed by atoms with E-state index in [4.69, 9.17) is 4.98 Å². The van der Waals surface area contributed by atoms with Crippen molar-refractivity contribution in [3.63, 3.8) is 0 Å². The zero-order valence-corrected chi connectivity index (χ0v) is 18.6. The number of hydrogen-bond acceptors (Lipinski definition) is 7. The molecule has 0 bridgehead atoms. The molecule has 1 aromatic carbocycles. The molecule has 32 heavy (non-hydrogen) atoms. The van der Waals surface area contributed by atoms with E-state index in [0.29, 0.717) is 29.2 Å². The zero-order valence-electron chi connectivity index (χ0n) is 18.6. The molecule has 4 aromatic rings. The van der Waals surface area contributed by atoms with Crippen LogP contribution in [-0.4, -0.2) is 70.2 Å². The molecule has 3 aromatic heterocycles. The number of para-hydroxylation sites is 2. The number of aromatic nitrogens is 4. The van der Waals surface area contributed by atoms with Gasteiger partial charge in [-0.05, 0) is 52.1 Å². The number of carbonyl (C=O) groups excluding carboxylic acids is 1. The molecule has 1 aliphatic carbocycles. The lowest BCUT2D eigenvalue weighted by Gasteiger charge is -2.17. The first-order chi connectivity index (χ1) is 15.6. The number of pyridine rings is 1. The van der Waals surface area contributed by atoms with Crippen LogP contribution in [-0.2, 0) is 0 Å². The van der Waals surface area contributed by atoms with Gasteiger partial charge in [0.25, 0.3) is 5.91 Å². The van der Waals surface area contributed by atoms with Gasteiger partial charge in [0.05, 0.1) is 16.7 Å². The lowest BCUT2D eigenvalue weighted by Crippen LogP contribution is -2.27. The fourth-order valence-corrected chi connectivity index (χ4v) is 3.94. The second-order valence-electron chi connectivity index (χ2n) is 8.48. The van der Waals surface area contributed by atoms with Crippen LogP contribution in [0, 0.1) is 0 Å². The lowest BCUT2D eigenvalue weighted by molar-refractivity contribution is 0.0953. The van der Waals surface area contributed by atoms with E-state index >= 15 is 0 Å². The first-order valence-corrected chi connectivity index (χ1v) is 11.1. The molecule has 1 aliphatic rings. The van der Waals surface area contributed by atoms with Gasteiger partial charge in [-0.15, -0.1) is 10.2 Å². The van der Waals surface area contributed by atoms with Crippen LogP contribution in [0.4, 0.5) is 11.5 Å². The topological polar surface area (TPSA) is 99.5 Å². The predicted molar refractivity (Wildman–Crippen MR) is 127 cm³/mol. The second-order valence-corrected chi connectivity index (χ2v) is 8.48. The number of nitrogens with zero attached hydrogens (tertiary/aromatic N) is 5. The van der Waals surface area contributed by atoms with Gasteiger partial charge in [0.1, 0.15) is 11.4 Å². The Morgan fingerprint density at radius 3 is 2.72 bits per heavy atom. The number of imidazole rings is 1. The molecule has 3 heterocycles. The van der Waals surface area contributed by atoms with Crippen LogP contribution < -0.4 is 16.0 Å². The Balaban J connectivity index is 1.76. The number of fused-ring (bicyclic) bond motifs is 5. The number of amides is 1. The molecule has 1 amide bonds. The highest BCUT2D eigenvalue weighted by Gasteiger charge is 2.29. The molecule has 0 radical (unpaired) electrons. The molecule has 0 unspecified atom stereocenters. The first kappa shape index (κ1) is 20.4. The molecular formula is C23H28N8O. The van der Waals surface area contributed by atoms with E-state index in [-0.39, 0.29) is 11.9 Å². The Labute approximate surface area is 186 Å². The van der Waals surface area contributed by atoms with Crippen molar-refractivity contribution in [2.75, 3.05) is 44.4 Å². The molecule has 0 saturated heterocycles. The molecule has 9 heteroatoms. The summed E-state index contributed by atoms with van der Waals surface area (Å²) in [7, 11) is 4.06. The maximum atomic E-state index is 13.4. The molecule has 0 atom stereocenters. The van der Waals surface area contributed by atoms with Gasteiger partial charge in [0.15, 0.2) is 11.3 Å². The van der Waals surface area contributed by atoms with Crippen LogP contribution in [0.15, 0.2) is 30.3 Å². The summed E-state index contributed by atoms with van der Waals surface area (Å²) >= 11 is 0. The Hall–Kier alpha value is -3.46. The Bertz CT molecular complexity index is 1310. The second kappa shape index (κ2) is 8.23. The molecule has 1 saturated carbocycles. The van der Waals surface area contributed by atoms with E-state index in [2.05, 4.69) is 31.0 Å². The molecular weight excluding hydrogens is 404 g/mol. The van der Waals surface area contributed by atoms with Crippen molar-refractivity contribution in [1.82, 2.24) is 29.8 Å². The van der Waals surface area contributed by atoms with Gasteiger partial charge in [-0.3, -0.25) is 9.20 Å². The van der Waals surface area contributed by atoms with Crippen molar-refractivity contribution in [1.29, 1.82) is 0 Å². The van der Waals surface area contributed by atoms with Crippen LogP contribution in [0.5, 0.6) is 0 Å². The van der Waals surface area contributed by atoms with E-state index in [1.807, 2.05) is 55.8 Å². The number of benzene rings is 1. The Morgan fingerprint density at radius 2 is 1.97 bits per heavy atom. The highest BCUT2D eigenvalue weighted by molar-refractivity contribution is 6.13. The normalized spacial score (nSPS) is 13.9. The van der Waals surface area contributed by atoms with Crippen molar-refractivity contribution >= 4 is 45.1 Å². The monoisotopic (exact) mass is 432 g/mol. The SMILES string of the molecule is CCNc1c(C(=O)NC2CC2)c2nc3ccccc3n2c2nnc(NCCN(C)C)cc12. The van der Waals surface area contributed by atoms with E-state index in [1.54, 1.807) is 0 Å². The maximum Gasteiger partial charge on any atom is 0.257 e.